The molecule has 0 spiro atoms. The van der Waals surface area contributed by atoms with Crippen molar-refractivity contribution in [2.75, 3.05) is 0 Å². The van der Waals surface area contributed by atoms with Crippen LogP contribution in [0, 0.1) is 35.5 Å². The number of fused-ring (bicyclic) bond motifs is 5. The lowest BCUT2D eigenvalue weighted by Crippen LogP contribution is -2.50. The largest absolute Gasteiger partial charge is 0.507 e. The van der Waals surface area contributed by atoms with Gasteiger partial charge in [-0.3, -0.25) is 0 Å². The second-order valence-corrected chi connectivity index (χ2v) is 11.3. The van der Waals surface area contributed by atoms with Crippen LogP contribution in [0.25, 0.3) is 0 Å². The Balaban J connectivity index is 1.42. The minimum Gasteiger partial charge on any atom is -0.507 e. The van der Waals surface area contributed by atoms with E-state index in [1.54, 1.807) is 13.8 Å². The Morgan fingerprint density at radius 2 is 1.88 bits per heavy atom. The van der Waals surface area contributed by atoms with Crippen LogP contribution in [0.2, 0.25) is 0 Å². The van der Waals surface area contributed by atoms with Crippen molar-refractivity contribution in [1.29, 1.82) is 0 Å². The molecule has 6 atom stereocenters. The third kappa shape index (κ3) is 3.52. The molecule has 1 heterocycles. The molecule has 0 radical (unpaired) electrons. The topological polar surface area (TPSA) is 95.4 Å². The number of aryl methyl sites for hydroxylation is 1. The molecular weight excluding hydrogens is 416 g/mol. The molecule has 0 saturated heterocycles. The molecule has 1 aromatic rings. The molecule has 2 N–H and O–H groups in total. The quantitative estimate of drug-likeness (QED) is 0.369. The van der Waals surface area contributed by atoms with Crippen LogP contribution >= 0.6 is 0 Å². The standard InChI is InChI=1S/C27H36N2O4/c1-15-13-22(31)24(25(32)33-15)16(2)28-29-23-8-7-20-19-6-5-17-14-18(30)9-11-26(17,3)21(19)10-12-27(20,23)4/h5,13,18-21,30-31H,6-12,14H2,1-4H3/b28-16?,29-23-/t18-,19-,20-,21-,26-,27-/m0/s1. The normalized spacial score (nSPS) is 39.6. The first-order chi connectivity index (χ1) is 15.6. The van der Waals surface area contributed by atoms with Crippen molar-refractivity contribution >= 4 is 11.4 Å². The second-order valence-electron chi connectivity index (χ2n) is 11.3. The predicted molar refractivity (Wildman–Crippen MR) is 129 cm³/mol. The Morgan fingerprint density at radius 3 is 2.64 bits per heavy atom. The smallest absolute Gasteiger partial charge is 0.348 e. The van der Waals surface area contributed by atoms with Crippen LogP contribution in [-0.4, -0.2) is 27.7 Å². The summed E-state index contributed by atoms with van der Waals surface area (Å²) in [6.45, 7) is 8.13. The number of hydrogen-bond acceptors (Lipinski definition) is 6. The first-order valence-electron chi connectivity index (χ1n) is 12.5. The molecule has 3 fully saturated rings. The number of aliphatic hydroxyl groups is 1. The zero-order valence-corrected chi connectivity index (χ0v) is 20.2. The summed E-state index contributed by atoms with van der Waals surface area (Å²) in [4.78, 5) is 12.2. The van der Waals surface area contributed by atoms with Crippen molar-refractivity contribution in [1.82, 2.24) is 0 Å². The highest BCUT2D eigenvalue weighted by Gasteiger charge is 2.57. The summed E-state index contributed by atoms with van der Waals surface area (Å²) in [5, 5.41) is 29.5. The molecule has 1 aromatic heterocycles. The Morgan fingerprint density at radius 1 is 1.15 bits per heavy atom. The molecular formula is C27H36N2O4. The van der Waals surface area contributed by atoms with E-state index < -0.39 is 5.63 Å². The maximum Gasteiger partial charge on any atom is 0.348 e. The van der Waals surface area contributed by atoms with E-state index in [0.717, 1.165) is 50.7 Å². The van der Waals surface area contributed by atoms with E-state index in [9.17, 15) is 15.0 Å². The SMILES string of the molecule is CC(=N/N=C1/CC[C@H]2[C@@H]3CC=C4C[C@@H](O)CC[C@]4(C)[C@H]3CC[C@]12C)c1c(O)cc(C)oc1=O. The first kappa shape index (κ1) is 22.6. The fourth-order valence-corrected chi connectivity index (χ4v) is 7.71. The van der Waals surface area contributed by atoms with Crippen molar-refractivity contribution in [2.45, 2.75) is 85.2 Å². The molecule has 3 saturated carbocycles. The number of aliphatic hydroxyl groups excluding tert-OH is 1. The Hall–Kier alpha value is -2.21. The summed E-state index contributed by atoms with van der Waals surface area (Å²) < 4.78 is 5.14. The van der Waals surface area contributed by atoms with Gasteiger partial charge in [-0.05, 0) is 88.4 Å². The van der Waals surface area contributed by atoms with E-state index >= 15 is 0 Å². The predicted octanol–water partition coefficient (Wildman–Crippen LogP) is 5.14. The molecule has 5 rings (SSSR count). The van der Waals surface area contributed by atoms with Gasteiger partial charge in [0.05, 0.1) is 11.8 Å². The zero-order chi connectivity index (χ0) is 23.5. The van der Waals surface area contributed by atoms with Gasteiger partial charge < -0.3 is 14.6 Å². The number of nitrogens with zero attached hydrogens (tertiary/aromatic N) is 2. The molecule has 0 amide bonds. The lowest BCUT2D eigenvalue weighted by Gasteiger charge is -2.57. The van der Waals surface area contributed by atoms with Gasteiger partial charge in [0.2, 0.25) is 0 Å². The third-order valence-corrected chi connectivity index (χ3v) is 9.56. The van der Waals surface area contributed by atoms with Crippen LogP contribution in [0.3, 0.4) is 0 Å². The maximum absolute atomic E-state index is 12.2. The van der Waals surface area contributed by atoms with E-state index in [1.165, 1.54) is 18.1 Å². The maximum atomic E-state index is 12.2. The van der Waals surface area contributed by atoms with E-state index in [-0.39, 0.29) is 28.2 Å². The molecule has 6 heteroatoms. The fourth-order valence-electron chi connectivity index (χ4n) is 7.71. The molecule has 0 aromatic carbocycles. The average molecular weight is 453 g/mol. The van der Waals surface area contributed by atoms with Gasteiger partial charge in [-0.1, -0.05) is 25.5 Å². The second kappa shape index (κ2) is 7.93. The van der Waals surface area contributed by atoms with Gasteiger partial charge in [0.15, 0.2) is 0 Å². The van der Waals surface area contributed by atoms with Crippen LogP contribution in [0.4, 0.5) is 0 Å². The van der Waals surface area contributed by atoms with Gasteiger partial charge in [0, 0.05) is 17.2 Å². The molecule has 4 aliphatic carbocycles. The Labute approximate surface area is 195 Å². The van der Waals surface area contributed by atoms with Crippen molar-refractivity contribution in [3.05, 3.63) is 39.5 Å². The lowest BCUT2D eigenvalue weighted by molar-refractivity contribution is -0.0209. The molecule has 0 bridgehead atoms. The molecule has 6 nitrogen and oxygen atoms in total. The average Bonchev–Trinajstić information content (AvgIpc) is 3.08. The summed E-state index contributed by atoms with van der Waals surface area (Å²) in [6, 6.07) is 1.44. The van der Waals surface area contributed by atoms with E-state index in [0.29, 0.717) is 29.2 Å². The molecule has 4 aliphatic rings. The Bertz CT molecular complexity index is 1120. The van der Waals surface area contributed by atoms with Gasteiger partial charge in [0.1, 0.15) is 17.1 Å². The summed E-state index contributed by atoms with van der Waals surface area (Å²) in [5.74, 6) is 2.18. The summed E-state index contributed by atoms with van der Waals surface area (Å²) in [6.07, 6.45) is 10.6. The number of rotatable bonds is 2. The zero-order valence-electron chi connectivity index (χ0n) is 20.2. The van der Waals surface area contributed by atoms with Crippen LogP contribution in [-0.2, 0) is 0 Å². The van der Waals surface area contributed by atoms with Crippen molar-refractivity contribution in [2.24, 2.45) is 38.8 Å². The number of aromatic hydroxyl groups is 1. The highest BCUT2D eigenvalue weighted by atomic mass is 16.4. The molecule has 178 valence electrons. The van der Waals surface area contributed by atoms with Crippen molar-refractivity contribution < 1.29 is 14.6 Å². The highest BCUT2D eigenvalue weighted by molar-refractivity contribution is 6.01. The summed E-state index contributed by atoms with van der Waals surface area (Å²) >= 11 is 0. The minimum atomic E-state index is -0.583. The van der Waals surface area contributed by atoms with Gasteiger partial charge >= 0.3 is 5.63 Å². The van der Waals surface area contributed by atoms with Gasteiger partial charge in [0.25, 0.3) is 0 Å². The molecule has 0 aliphatic heterocycles. The van der Waals surface area contributed by atoms with Crippen LogP contribution in [0.1, 0.15) is 83.5 Å². The third-order valence-electron chi connectivity index (χ3n) is 9.56. The summed E-state index contributed by atoms with van der Waals surface area (Å²) in [5.41, 5.74) is 2.77. The highest BCUT2D eigenvalue weighted by Crippen LogP contribution is 2.64. The van der Waals surface area contributed by atoms with Crippen LogP contribution in [0.5, 0.6) is 5.75 Å². The van der Waals surface area contributed by atoms with E-state index in [2.05, 4.69) is 30.1 Å². The Kier molecular flexibility index (Phi) is 5.43. The lowest BCUT2D eigenvalue weighted by atomic mass is 9.48. The van der Waals surface area contributed by atoms with Crippen LogP contribution < -0.4 is 5.63 Å². The van der Waals surface area contributed by atoms with E-state index in [4.69, 9.17) is 4.42 Å². The van der Waals surface area contributed by atoms with Crippen molar-refractivity contribution in [3.8, 4) is 5.75 Å². The molecule has 33 heavy (non-hydrogen) atoms. The van der Waals surface area contributed by atoms with Crippen LogP contribution in [0.15, 0.2) is 37.1 Å². The van der Waals surface area contributed by atoms with Gasteiger partial charge in [-0.2, -0.15) is 10.2 Å². The monoisotopic (exact) mass is 452 g/mol. The summed E-state index contributed by atoms with van der Waals surface area (Å²) in [7, 11) is 0. The first-order valence-corrected chi connectivity index (χ1v) is 12.5. The number of hydrogen-bond donors (Lipinski definition) is 2. The van der Waals surface area contributed by atoms with Gasteiger partial charge in [-0.25, -0.2) is 4.79 Å². The van der Waals surface area contributed by atoms with E-state index in [1.807, 2.05) is 0 Å². The minimum absolute atomic E-state index is 0.0286. The van der Waals surface area contributed by atoms with Gasteiger partial charge in [-0.15, -0.1) is 0 Å². The van der Waals surface area contributed by atoms with Crippen molar-refractivity contribution in [3.63, 3.8) is 0 Å². The fraction of sp³-hybridized carbons (Fsp3) is 0.667. The number of allylic oxidation sites excluding steroid dienone is 1. The molecule has 0 unspecified atom stereocenters.